The molecule has 0 aliphatic carbocycles. The van der Waals surface area contributed by atoms with Crippen LogP contribution in [0.15, 0.2) is 12.7 Å². The summed E-state index contributed by atoms with van der Waals surface area (Å²) in [6, 6.07) is 0. The van der Waals surface area contributed by atoms with E-state index in [9.17, 15) is 13.2 Å². The van der Waals surface area contributed by atoms with Gasteiger partial charge >= 0.3 is 0 Å². The Balaban J connectivity index is 4.27. The Morgan fingerprint density at radius 1 is 1.33 bits per heavy atom. The Morgan fingerprint density at radius 2 is 1.94 bits per heavy atom. The molecule has 0 spiro atoms. The summed E-state index contributed by atoms with van der Waals surface area (Å²) in [7, 11) is -1.53. The molecular formula is C12H24N2O3S. The van der Waals surface area contributed by atoms with Crippen molar-refractivity contribution in [1.29, 1.82) is 0 Å². The van der Waals surface area contributed by atoms with E-state index in [0.29, 0.717) is 0 Å². The summed E-state index contributed by atoms with van der Waals surface area (Å²) in [6.07, 6.45) is 4.86. The topological polar surface area (TPSA) is 57.7 Å². The van der Waals surface area contributed by atoms with Crippen LogP contribution in [-0.2, 0) is 14.8 Å². The smallest absolute Gasteiger partial charge is 0.223 e. The van der Waals surface area contributed by atoms with E-state index in [1.807, 2.05) is 0 Å². The zero-order valence-corrected chi connectivity index (χ0v) is 12.4. The average molecular weight is 276 g/mol. The molecule has 6 heteroatoms. The van der Waals surface area contributed by atoms with Crippen LogP contribution in [0.4, 0.5) is 0 Å². The van der Waals surface area contributed by atoms with E-state index < -0.39 is 10.0 Å². The van der Waals surface area contributed by atoms with E-state index in [4.69, 9.17) is 0 Å². The highest BCUT2D eigenvalue weighted by Crippen LogP contribution is 2.02. The maximum Gasteiger partial charge on any atom is 0.223 e. The fraction of sp³-hybridized carbons (Fsp3) is 0.750. The Labute approximate surface area is 111 Å². The van der Waals surface area contributed by atoms with Crippen molar-refractivity contribution >= 4 is 15.9 Å². The van der Waals surface area contributed by atoms with Gasteiger partial charge in [0, 0.05) is 33.1 Å². The van der Waals surface area contributed by atoms with Gasteiger partial charge in [0.2, 0.25) is 15.9 Å². The van der Waals surface area contributed by atoms with Crippen molar-refractivity contribution in [1.82, 2.24) is 9.21 Å². The van der Waals surface area contributed by atoms with Crippen LogP contribution >= 0.6 is 0 Å². The number of nitrogens with zero attached hydrogens (tertiary/aromatic N) is 2. The SMILES string of the molecule is C=CCN(CCC(=O)N(C)CCCC)S(C)(=O)=O. The van der Waals surface area contributed by atoms with E-state index in [2.05, 4.69) is 13.5 Å². The molecule has 0 saturated heterocycles. The van der Waals surface area contributed by atoms with Gasteiger partial charge in [0.15, 0.2) is 0 Å². The summed E-state index contributed by atoms with van der Waals surface area (Å²) in [5.74, 6) is -0.0267. The Bertz CT molecular complexity index is 366. The number of hydrogen-bond acceptors (Lipinski definition) is 3. The van der Waals surface area contributed by atoms with Crippen molar-refractivity contribution in [3.8, 4) is 0 Å². The molecule has 106 valence electrons. The highest BCUT2D eigenvalue weighted by atomic mass is 32.2. The summed E-state index contributed by atoms with van der Waals surface area (Å²) in [4.78, 5) is 13.4. The summed E-state index contributed by atoms with van der Waals surface area (Å²) in [6.45, 7) is 6.75. The molecule has 0 aliphatic rings. The monoisotopic (exact) mass is 276 g/mol. The largest absolute Gasteiger partial charge is 0.346 e. The van der Waals surface area contributed by atoms with Crippen LogP contribution in [0.3, 0.4) is 0 Å². The number of rotatable bonds is 9. The number of amides is 1. The number of sulfonamides is 1. The molecule has 0 aromatic heterocycles. The van der Waals surface area contributed by atoms with Gasteiger partial charge in [-0.2, -0.15) is 4.31 Å². The van der Waals surface area contributed by atoms with Gasteiger partial charge in [-0.05, 0) is 6.42 Å². The van der Waals surface area contributed by atoms with Gasteiger partial charge in [-0.15, -0.1) is 6.58 Å². The van der Waals surface area contributed by atoms with E-state index >= 15 is 0 Å². The first-order valence-corrected chi connectivity index (χ1v) is 7.97. The van der Waals surface area contributed by atoms with Crippen LogP contribution in [-0.4, -0.2) is 56.5 Å². The molecule has 5 nitrogen and oxygen atoms in total. The molecule has 0 radical (unpaired) electrons. The number of carbonyl (C=O) groups excluding carboxylic acids is 1. The lowest BCUT2D eigenvalue weighted by atomic mass is 10.3. The molecule has 18 heavy (non-hydrogen) atoms. The third-order valence-corrected chi connectivity index (χ3v) is 3.92. The number of unbranched alkanes of at least 4 members (excludes halogenated alkanes) is 1. The fourth-order valence-electron chi connectivity index (χ4n) is 1.47. The molecular weight excluding hydrogens is 252 g/mol. The van der Waals surface area contributed by atoms with Crippen LogP contribution < -0.4 is 0 Å². The van der Waals surface area contributed by atoms with Gasteiger partial charge in [-0.3, -0.25) is 4.79 Å². The minimum absolute atomic E-state index is 0.0267. The second-order valence-electron chi connectivity index (χ2n) is 4.33. The minimum atomic E-state index is -3.27. The molecule has 0 heterocycles. The molecule has 0 saturated carbocycles. The summed E-state index contributed by atoms with van der Waals surface area (Å²) >= 11 is 0. The van der Waals surface area contributed by atoms with Crippen molar-refractivity contribution in [2.75, 3.05) is 32.9 Å². The zero-order valence-electron chi connectivity index (χ0n) is 11.6. The van der Waals surface area contributed by atoms with Crippen LogP contribution in [0.1, 0.15) is 26.2 Å². The van der Waals surface area contributed by atoms with Crippen molar-refractivity contribution in [2.45, 2.75) is 26.2 Å². The normalized spacial score (nSPS) is 11.6. The lowest BCUT2D eigenvalue weighted by Gasteiger charge is -2.21. The molecule has 0 N–H and O–H groups in total. The van der Waals surface area contributed by atoms with E-state index in [1.54, 1.807) is 11.9 Å². The van der Waals surface area contributed by atoms with Gasteiger partial charge in [-0.25, -0.2) is 8.42 Å². The standard InChI is InChI=1S/C12H24N2O3S/c1-5-7-10-13(3)12(15)8-11-14(9-6-2)18(4,16)17/h6H,2,5,7-11H2,1,3-4H3. The van der Waals surface area contributed by atoms with Gasteiger partial charge in [0.05, 0.1) is 6.26 Å². The van der Waals surface area contributed by atoms with Gasteiger partial charge in [-0.1, -0.05) is 19.4 Å². The molecule has 0 atom stereocenters. The first-order valence-electron chi connectivity index (χ1n) is 6.12. The summed E-state index contributed by atoms with van der Waals surface area (Å²) in [5.41, 5.74) is 0. The molecule has 0 aliphatic heterocycles. The molecule has 0 bridgehead atoms. The second-order valence-corrected chi connectivity index (χ2v) is 6.31. The first-order chi connectivity index (χ1) is 8.32. The maximum atomic E-state index is 11.8. The van der Waals surface area contributed by atoms with Crippen LogP contribution in [0, 0.1) is 0 Å². The molecule has 0 unspecified atom stereocenters. The Morgan fingerprint density at radius 3 is 2.39 bits per heavy atom. The lowest BCUT2D eigenvalue weighted by Crippen LogP contribution is -2.35. The maximum absolute atomic E-state index is 11.8. The first kappa shape index (κ1) is 17.1. The molecule has 1 amide bonds. The second kappa shape index (κ2) is 8.26. The quantitative estimate of drug-likeness (QED) is 0.592. The third-order valence-electron chi connectivity index (χ3n) is 2.65. The van der Waals surface area contributed by atoms with Crippen LogP contribution in [0.5, 0.6) is 0 Å². The third kappa shape index (κ3) is 6.76. The molecule has 0 rings (SSSR count). The zero-order chi connectivity index (χ0) is 14.2. The fourth-order valence-corrected chi connectivity index (χ4v) is 2.27. The Hall–Kier alpha value is -0.880. The molecule has 0 aromatic carbocycles. The summed E-state index contributed by atoms with van der Waals surface area (Å²) in [5, 5.41) is 0. The molecule has 0 fully saturated rings. The lowest BCUT2D eigenvalue weighted by molar-refractivity contribution is -0.130. The van der Waals surface area contributed by atoms with Gasteiger partial charge in [0.25, 0.3) is 0 Å². The van der Waals surface area contributed by atoms with Crippen LogP contribution in [0.2, 0.25) is 0 Å². The molecule has 0 aromatic rings. The van der Waals surface area contributed by atoms with Crippen molar-refractivity contribution < 1.29 is 13.2 Å². The van der Waals surface area contributed by atoms with Crippen molar-refractivity contribution in [2.24, 2.45) is 0 Å². The van der Waals surface area contributed by atoms with E-state index in [1.165, 1.54) is 10.4 Å². The summed E-state index contributed by atoms with van der Waals surface area (Å²) < 4.78 is 24.1. The Kier molecular flexibility index (Phi) is 7.86. The predicted octanol–water partition coefficient (Wildman–Crippen LogP) is 1.08. The van der Waals surface area contributed by atoms with Crippen LogP contribution in [0.25, 0.3) is 0 Å². The highest BCUT2D eigenvalue weighted by molar-refractivity contribution is 7.88. The van der Waals surface area contributed by atoms with Crippen molar-refractivity contribution in [3.63, 3.8) is 0 Å². The highest BCUT2D eigenvalue weighted by Gasteiger charge is 2.17. The van der Waals surface area contributed by atoms with Crippen molar-refractivity contribution in [3.05, 3.63) is 12.7 Å². The predicted molar refractivity (Wildman–Crippen MR) is 73.8 cm³/mol. The van der Waals surface area contributed by atoms with E-state index in [0.717, 1.165) is 25.6 Å². The average Bonchev–Trinajstić information content (AvgIpc) is 2.29. The van der Waals surface area contributed by atoms with Gasteiger partial charge < -0.3 is 4.90 Å². The van der Waals surface area contributed by atoms with E-state index in [-0.39, 0.29) is 25.4 Å². The number of hydrogen-bond donors (Lipinski definition) is 0. The van der Waals surface area contributed by atoms with Gasteiger partial charge in [0.1, 0.15) is 0 Å². The number of carbonyl (C=O) groups is 1. The minimum Gasteiger partial charge on any atom is -0.346 e.